The molecule has 12 heavy (non-hydrogen) atoms. The number of rotatable bonds is 3. The van der Waals surface area contributed by atoms with Gasteiger partial charge >= 0.3 is 0 Å². The summed E-state index contributed by atoms with van der Waals surface area (Å²) in [7, 11) is 2.06. The van der Waals surface area contributed by atoms with Gasteiger partial charge in [0.05, 0.1) is 0 Å². The summed E-state index contributed by atoms with van der Waals surface area (Å²) in [6.07, 6.45) is 3.03. The Morgan fingerprint density at radius 2 is 2.17 bits per heavy atom. The lowest BCUT2D eigenvalue weighted by Crippen LogP contribution is -2.29. The minimum Gasteiger partial charge on any atom is -0.354 e. The summed E-state index contributed by atoms with van der Waals surface area (Å²) in [4.78, 5) is 0. The van der Waals surface area contributed by atoms with E-state index in [-0.39, 0.29) is 6.04 Å². The van der Waals surface area contributed by atoms with Crippen molar-refractivity contribution in [2.24, 2.45) is 18.7 Å². The molecule has 2 N–H and O–H groups in total. The van der Waals surface area contributed by atoms with Crippen LogP contribution in [0, 0.1) is 5.92 Å². The van der Waals surface area contributed by atoms with E-state index < -0.39 is 0 Å². The number of aromatic nitrogens is 1. The molecule has 1 aromatic rings. The average molecular weight is 166 g/mol. The van der Waals surface area contributed by atoms with Crippen molar-refractivity contribution in [3.63, 3.8) is 0 Å². The van der Waals surface area contributed by atoms with E-state index in [1.165, 1.54) is 5.69 Å². The third-order valence-corrected chi connectivity index (χ3v) is 2.35. The highest BCUT2D eigenvalue weighted by Crippen LogP contribution is 2.07. The van der Waals surface area contributed by atoms with E-state index in [1.807, 2.05) is 0 Å². The Kier molecular flexibility index (Phi) is 2.93. The molecule has 0 aliphatic carbocycles. The fourth-order valence-electron chi connectivity index (χ4n) is 1.19. The highest BCUT2D eigenvalue weighted by Gasteiger charge is 2.09. The largest absolute Gasteiger partial charge is 0.354 e. The molecule has 1 aromatic heterocycles. The maximum absolute atomic E-state index is 5.96. The van der Waals surface area contributed by atoms with Crippen LogP contribution in [0.2, 0.25) is 0 Å². The molecule has 0 spiro atoms. The molecule has 0 aromatic carbocycles. The van der Waals surface area contributed by atoms with Gasteiger partial charge in [-0.15, -0.1) is 0 Å². The molecule has 2 heteroatoms. The Bertz CT molecular complexity index is 238. The van der Waals surface area contributed by atoms with Crippen molar-refractivity contribution in [2.45, 2.75) is 26.3 Å². The van der Waals surface area contributed by atoms with Crippen molar-refractivity contribution in [2.75, 3.05) is 0 Å². The van der Waals surface area contributed by atoms with Crippen molar-refractivity contribution in [3.05, 3.63) is 24.0 Å². The molecule has 0 radical (unpaired) electrons. The van der Waals surface area contributed by atoms with Crippen LogP contribution in [-0.4, -0.2) is 10.6 Å². The Labute approximate surface area is 74.4 Å². The van der Waals surface area contributed by atoms with Crippen LogP contribution in [0.25, 0.3) is 0 Å². The molecular weight excluding hydrogens is 148 g/mol. The molecule has 0 aliphatic heterocycles. The Hall–Kier alpha value is -0.760. The Morgan fingerprint density at radius 1 is 1.50 bits per heavy atom. The van der Waals surface area contributed by atoms with Gasteiger partial charge in [0.2, 0.25) is 0 Å². The number of hydrogen-bond donors (Lipinski definition) is 1. The second kappa shape index (κ2) is 3.76. The number of hydrogen-bond acceptors (Lipinski definition) is 1. The highest BCUT2D eigenvalue weighted by molar-refractivity contribution is 5.08. The molecule has 1 rings (SSSR count). The lowest BCUT2D eigenvalue weighted by molar-refractivity contribution is 0.481. The van der Waals surface area contributed by atoms with Crippen LogP contribution in [0.15, 0.2) is 18.3 Å². The van der Waals surface area contributed by atoms with Crippen LogP contribution in [0.4, 0.5) is 0 Å². The van der Waals surface area contributed by atoms with Gasteiger partial charge in [-0.2, -0.15) is 0 Å². The first-order chi connectivity index (χ1) is 5.61. The summed E-state index contributed by atoms with van der Waals surface area (Å²) in [5.74, 6) is 0.555. The highest BCUT2D eigenvalue weighted by atomic mass is 14.9. The molecule has 68 valence electrons. The monoisotopic (exact) mass is 166 g/mol. The van der Waals surface area contributed by atoms with E-state index in [1.54, 1.807) is 0 Å². The van der Waals surface area contributed by atoms with E-state index in [2.05, 4.69) is 43.8 Å². The van der Waals surface area contributed by atoms with E-state index in [0.717, 1.165) is 6.42 Å². The molecule has 0 aliphatic rings. The van der Waals surface area contributed by atoms with Gasteiger partial charge in [-0.05, 0) is 18.1 Å². The van der Waals surface area contributed by atoms with Gasteiger partial charge in [0.25, 0.3) is 0 Å². The van der Waals surface area contributed by atoms with Gasteiger partial charge in [-0.25, -0.2) is 0 Å². The minimum atomic E-state index is 0.276. The molecule has 0 bridgehead atoms. The average Bonchev–Trinajstić information content (AvgIpc) is 2.36. The van der Waals surface area contributed by atoms with Crippen LogP contribution in [0.5, 0.6) is 0 Å². The molecule has 1 unspecified atom stereocenters. The molecule has 0 amide bonds. The summed E-state index contributed by atoms with van der Waals surface area (Å²) < 4.78 is 2.13. The van der Waals surface area contributed by atoms with Crippen molar-refractivity contribution in [1.29, 1.82) is 0 Å². The van der Waals surface area contributed by atoms with Gasteiger partial charge in [-0.3, -0.25) is 0 Å². The third kappa shape index (κ3) is 2.11. The van der Waals surface area contributed by atoms with Gasteiger partial charge < -0.3 is 10.3 Å². The Balaban J connectivity index is 2.58. The first-order valence-electron chi connectivity index (χ1n) is 4.47. The van der Waals surface area contributed by atoms with E-state index >= 15 is 0 Å². The molecule has 2 nitrogen and oxygen atoms in total. The van der Waals surface area contributed by atoms with E-state index in [9.17, 15) is 0 Å². The zero-order valence-corrected chi connectivity index (χ0v) is 8.12. The normalized spacial score (nSPS) is 13.8. The minimum absolute atomic E-state index is 0.276. The molecule has 1 atom stereocenters. The second-order valence-corrected chi connectivity index (χ2v) is 3.72. The fourth-order valence-corrected chi connectivity index (χ4v) is 1.19. The predicted octanol–water partition coefficient (Wildman–Crippen LogP) is 1.55. The summed E-state index contributed by atoms with van der Waals surface area (Å²) in [6.45, 7) is 4.32. The van der Waals surface area contributed by atoms with Crippen molar-refractivity contribution in [3.8, 4) is 0 Å². The zero-order valence-electron chi connectivity index (χ0n) is 8.12. The Morgan fingerprint density at radius 3 is 2.58 bits per heavy atom. The van der Waals surface area contributed by atoms with Crippen molar-refractivity contribution >= 4 is 0 Å². The maximum atomic E-state index is 5.96. The van der Waals surface area contributed by atoms with Gasteiger partial charge in [0.1, 0.15) is 0 Å². The number of nitrogens with two attached hydrogens (primary N) is 1. The second-order valence-electron chi connectivity index (χ2n) is 3.72. The van der Waals surface area contributed by atoms with Gasteiger partial charge in [-0.1, -0.05) is 13.8 Å². The van der Waals surface area contributed by atoms with Crippen LogP contribution in [0.1, 0.15) is 19.5 Å². The first kappa shape index (κ1) is 9.33. The third-order valence-electron chi connectivity index (χ3n) is 2.35. The summed E-state index contributed by atoms with van der Waals surface area (Å²) in [6, 6.07) is 4.46. The van der Waals surface area contributed by atoms with E-state index in [0.29, 0.717) is 5.92 Å². The summed E-state index contributed by atoms with van der Waals surface area (Å²) in [5, 5.41) is 0. The van der Waals surface area contributed by atoms with Crippen LogP contribution in [0.3, 0.4) is 0 Å². The van der Waals surface area contributed by atoms with E-state index in [4.69, 9.17) is 5.73 Å². The topological polar surface area (TPSA) is 30.9 Å². The van der Waals surface area contributed by atoms with Crippen LogP contribution in [-0.2, 0) is 13.5 Å². The molecular formula is C10H18N2. The standard InChI is InChI=1S/C10H18N2/c1-8(2)10(11)7-9-5-4-6-12(9)3/h4-6,8,10H,7,11H2,1-3H3. The molecule has 0 saturated carbocycles. The SMILES string of the molecule is CC(C)C(N)Cc1cccn1C. The molecule has 1 heterocycles. The van der Waals surface area contributed by atoms with Crippen LogP contribution >= 0.6 is 0 Å². The van der Waals surface area contributed by atoms with Crippen LogP contribution < -0.4 is 5.73 Å². The predicted molar refractivity (Wildman–Crippen MR) is 51.9 cm³/mol. The first-order valence-corrected chi connectivity index (χ1v) is 4.47. The van der Waals surface area contributed by atoms with Gasteiger partial charge in [0, 0.05) is 31.4 Å². The van der Waals surface area contributed by atoms with Gasteiger partial charge in [0.15, 0.2) is 0 Å². The molecule has 0 saturated heterocycles. The lowest BCUT2D eigenvalue weighted by Gasteiger charge is -2.15. The smallest absolute Gasteiger partial charge is 0.0187 e. The lowest BCUT2D eigenvalue weighted by atomic mass is 10.0. The zero-order chi connectivity index (χ0) is 9.14. The number of nitrogens with zero attached hydrogens (tertiary/aromatic N) is 1. The quantitative estimate of drug-likeness (QED) is 0.725. The fraction of sp³-hybridized carbons (Fsp3) is 0.600. The summed E-state index contributed by atoms with van der Waals surface area (Å²) >= 11 is 0. The number of aryl methyl sites for hydroxylation is 1. The maximum Gasteiger partial charge on any atom is 0.0187 e. The van der Waals surface area contributed by atoms with Crippen molar-refractivity contribution in [1.82, 2.24) is 4.57 Å². The summed E-state index contributed by atoms with van der Waals surface area (Å²) in [5.41, 5.74) is 7.28. The molecule has 0 fully saturated rings. The van der Waals surface area contributed by atoms with Crippen molar-refractivity contribution < 1.29 is 0 Å².